The average Bonchev–Trinajstić information content (AvgIpc) is 2.47. The number of likely N-dealkylation sites (tertiary alicyclic amines) is 1. The molecule has 0 saturated carbocycles. The number of amides is 2. The Morgan fingerprint density at radius 3 is 2.48 bits per heavy atom. The van der Waals surface area contributed by atoms with Crippen molar-refractivity contribution in [1.29, 1.82) is 0 Å². The minimum atomic E-state index is 0.00866. The summed E-state index contributed by atoms with van der Waals surface area (Å²) in [7, 11) is 0. The average molecular weight is 308 g/mol. The molecule has 1 fully saturated rings. The molecule has 0 unspecified atom stereocenters. The lowest BCUT2D eigenvalue weighted by atomic mass is 10.1. The van der Waals surface area contributed by atoms with Crippen LogP contribution in [-0.2, 0) is 9.59 Å². The third-order valence-electron chi connectivity index (χ3n) is 3.51. The number of aromatic hydroxyl groups is 1. The van der Waals surface area contributed by atoms with Gasteiger partial charge in [-0.1, -0.05) is 0 Å². The molecule has 0 atom stereocenters. The molecule has 1 aliphatic rings. The number of carbonyl (C=O) groups excluding carboxylic acids is 2. The number of nitrogens with one attached hydrogen (secondary N) is 1. The highest BCUT2D eigenvalue weighted by Crippen LogP contribution is 2.20. The monoisotopic (exact) mass is 308 g/mol. The van der Waals surface area contributed by atoms with Crippen LogP contribution < -0.4 is 5.32 Å². The molecular formula is C15H20N2O3S. The Hall–Kier alpha value is -1.69. The molecule has 0 radical (unpaired) electrons. The summed E-state index contributed by atoms with van der Waals surface area (Å²) in [6.45, 7) is 3.00. The molecule has 0 aliphatic carbocycles. The molecule has 114 valence electrons. The number of carbonyl (C=O) groups is 2. The highest BCUT2D eigenvalue weighted by molar-refractivity contribution is 8.00. The molecule has 1 saturated heterocycles. The second kappa shape index (κ2) is 7.36. The predicted octanol–water partition coefficient (Wildman–Crippen LogP) is 1.61. The fraction of sp³-hybridized carbons (Fsp3) is 0.467. The van der Waals surface area contributed by atoms with Gasteiger partial charge < -0.3 is 15.3 Å². The largest absolute Gasteiger partial charge is 0.508 e. The van der Waals surface area contributed by atoms with Crippen LogP contribution in [0.5, 0.6) is 5.75 Å². The van der Waals surface area contributed by atoms with E-state index in [1.165, 1.54) is 11.8 Å². The molecule has 0 aromatic heterocycles. The van der Waals surface area contributed by atoms with E-state index in [1.54, 1.807) is 31.2 Å². The van der Waals surface area contributed by atoms with E-state index in [4.69, 9.17) is 0 Å². The summed E-state index contributed by atoms with van der Waals surface area (Å²) in [6.07, 6.45) is 1.63. The van der Waals surface area contributed by atoms with Crippen molar-refractivity contribution < 1.29 is 14.7 Å². The third-order valence-corrected chi connectivity index (χ3v) is 4.52. The van der Waals surface area contributed by atoms with E-state index in [2.05, 4.69) is 5.32 Å². The number of phenols is 1. The van der Waals surface area contributed by atoms with Gasteiger partial charge in [-0.15, -0.1) is 11.8 Å². The van der Waals surface area contributed by atoms with Gasteiger partial charge in [0.1, 0.15) is 5.75 Å². The van der Waals surface area contributed by atoms with E-state index < -0.39 is 0 Å². The van der Waals surface area contributed by atoms with Crippen LogP contribution in [0.4, 0.5) is 0 Å². The van der Waals surface area contributed by atoms with Crippen LogP contribution in [0, 0.1) is 0 Å². The van der Waals surface area contributed by atoms with Crippen LogP contribution >= 0.6 is 11.8 Å². The Morgan fingerprint density at radius 2 is 1.90 bits per heavy atom. The number of nitrogens with zero attached hydrogens (tertiary/aromatic N) is 1. The Bertz CT molecular complexity index is 496. The van der Waals surface area contributed by atoms with Crippen LogP contribution in [-0.4, -0.2) is 46.7 Å². The molecule has 1 aromatic carbocycles. The maximum absolute atomic E-state index is 11.9. The van der Waals surface area contributed by atoms with Crippen molar-refractivity contribution in [2.45, 2.75) is 30.7 Å². The van der Waals surface area contributed by atoms with Gasteiger partial charge in [0.25, 0.3) is 0 Å². The van der Waals surface area contributed by atoms with Gasteiger partial charge in [-0.05, 0) is 37.1 Å². The summed E-state index contributed by atoms with van der Waals surface area (Å²) >= 11 is 1.44. The van der Waals surface area contributed by atoms with Crippen molar-refractivity contribution in [1.82, 2.24) is 10.2 Å². The lowest BCUT2D eigenvalue weighted by molar-refractivity contribution is -0.130. The van der Waals surface area contributed by atoms with E-state index in [0.717, 1.165) is 17.7 Å². The highest BCUT2D eigenvalue weighted by Gasteiger charge is 2.21. The first-order chi connectivity index (χ1) is 10.0. The molecule has 5 nitrogen and oxygen atoms in total. The molecule has 1 aliphatic heterocycles. The molecule has 21 heavy (non-hydrogen) atoms. The Kier molecular flexibility index (Phi) is 5.50. The van der Waals surface area contributed by atoms with E-state index in [1.807, 2.05) is 4.90 Å². The zero-order valence-electron chi connectivity index (χ0n) is 12.0. The SMILES string of the molecule is CC(=O)N1CCC(NC(=O)CSc2ccc(O)cc2)CC1. The summed E-state index contributed by atoms with van der Waals surface area (Å²) in [4.78, 5) is 25.9. The van der Waals surface area contributed by atoms with Crippen molar-refractivity contribution in [3.05, 3.63) is 24.3 Å². The van der Waals surface area contributed by atoms with Crippen molar-refractivity contribution in [2.24, 2.45) is 0 Å². The van der Waals surface area contributed by atoms with Gasteiger partial charge in [-0.25, -0.2) is 0 Å². The number of hydrogen-bond donors (Lipinski definition) is 2. The van der Waals surface area contributed by atoms with Gasteiger partial charge in [0, 0.05) is 31.0 Å². The zero-order valence-corrected chi connectivity index (χ0v) is 12.9. The van der Waals surface area contributed by atoms with Gasteiger partial charge in [-0.2, -0.15) is 0 Å². The Labute approximate surface area is 128 Å². The van der Waals surface area contributed by atoms with Crippen LogP contribution in [0.3, 0.4) is 0 Å². The van der Waals surface area contributed by atoms with Crippen molar-refractivity contribution in [3.63, 3.8) is 0 Å². The molecule has 2 N–H and O–H groups in total. The fourth-order valence-electron chi connectivity index (χ4n) is 2.30. The minimum absolute atomic E-state index is 0.00866. The first-order valence-corrected chi connectivity index (χ1v) is 8.00. The number of hydrogen-bond acceptors (Lipinski definition) is 4. The molecule has 1 aromatic rings. The molecule has 0 bridgehead atoms. The van der Waals surface area contributed by atoms with E-state index in [9.17, 15) is 14.7 Å². The first kappa shape index (κ1) is 15.7. The number of piperidine rings is 1. The topological polar surface area (TPSA) is 69.6 Å². The van der Waals surface area contributed by atoms with Gasteiger partial charge in [0.15, 0.2) is 0 Å². The van der Waals surface area contributed by atoms with Gasteiger partial charge in [0.2, 0.25) is 11.8 Å². The van der Waals surface area contributed by atoms with Crippen LogP contribution in [0.2, 0.25) is 0 Å². The van der Waals surface area contributed by atoms with Crippen LogP contribution in [0.25, 0.3) is 0 Å². The van der Waals surface area contributed by atoms with Gasteiger partial charge in [-0.3, -0.25) is 9.59 Å². The van der Waals surface area contributed by atoms with Crippen molar-refractivity contribution in [2.75, 3.05) is 18.8 Å². The molecule has 2 rings (SSSR count). The summed E-state index contributed by atoms with van der Waals surface area (Å²) in [6, 6.07) is 6.96. The lowest BCUT2D eigenvalue weighted by Crippen LogP contribution is -2.46. The Balaban J connectivity index is 1.70. The summed E-state index contributed by atoms with van der Waals surface area (Å²) in [5.41, 5.74) is 0. The maximum atomic E-state index is 11.9. The molecule has 0 spiro atoms. The number of thioether (sulfide) groups is 1. The molecule has 1 heterocycles. The summed E-state index contributed by atoms with van der Waals surface area (Å²) in [5, 5.41) is 12.2. The number of phenolic OH excluding ortho intramolecular Hbond substituents is 1. The Morgan fingerprint density at radius 1 is 1.29 bits per heavy atom. The predicted molar refractivity (Wildman–Crippen MR) is 82.2 cm³/mol. The van der Waals surface area contributed by atoms with E-state index in [0.29, 0.717) is 18.8 Å². The van der Waals surface area contributed by atoms with E-state index in [-0.39, 0.29) is 23.6 Å². The second-order valence-corrected chi connectivity index (χ2v) is 6.18. The van der Waals surface area contributed by atoms with Gasteiger partial charge >= 0.3 is 0 Å². The van der Waals surface area contributed by atoms with E-state index >= 15 is 0 Å². The third kappa shape index (κ3) is 4.97. The standard InChI is InChI=1S/C15H20N2O3S/c1-11(18)17-8-6-12(7-9-17)16-15(20)10-21-14-4-2-13(19)3-5-14/h2-5,12,19H,6-10H2,1H3,(H,16,20). The van der Waals surface area contributed by atoms with Crippen molar-refractivity contribution in [3.8, 4) is 5.75 Å². The fourth-order valence-corrected chi connectivity index (χ4v) is 3.01. The quantitative estimate of drug-likeness (QED) is 0.829. The van der Waals surface area contributed by atoms with Crippen LogP contribution in [0.1, 0.15) is 19.8 Å². The summed E-state index contributed by atoms with van der Waals surface area (Å²) in [5.74, 6) is 0.690. The minimum Gasteiger partial charge on any atom is -0.508 e. The smallest absolute Gasteiger partial charge is 0.230 e. The molecular weight excluding hydrogens is 288 g/mol. The number of benzene rings is 1. The summed E-state index contributed by atoms with van der Waals surface area (Å²) < 4.78 is 0. The lowest BCUT2D eigenvalue weighted by Gasteiger charge is -2.31. The molecule has 6 heteroatoms. The number of rotatable bonds is 4. The van der Waals surface area contributed by atoms with Crippen molar-refractivity contribution >= 4 is 23.6 Å². The maximum Gasteiger partial charge on any atom is 0.230 e. The van der Waals surface area contributed by atoms with Gasteiger partial charge in [0.05, 0.1) is 5.75 Å². The first-order valence-electron chi connectivity index (χ1n) is 7.01. The second-order valence-electron chi connectivity index (χ2n) is 5.13. The highest BCUT2D eigenvalue weighted by atomic mass is 32.2. The van der Waals surface area contributed by atoms with Crippen LogP contribution in [0.15, 0.2) is 29.2 Å². The zero-order chi connectivity index (χ0) is 15.2. The normalized spacial score (nSPS) is 15.8. The molecule has 2 amide bonds.